The van der Waals surface area contributed by atoms with Crippen molar-refractivity contribution in [1.29, 1.82) is 0 Å². The van der Waals surface area contributed by atoms with Crippen LogP contribution in [0.4, 0.5) is 5.69 Å². The van der Waals surface area contributed by atoms with E-state index < -0.39 is 0 Å². The summed E-state index contributed by atoms with van der Waals surface area (Å²) >= 11 is 0. The van der Waals surface area contributed by atoms with E-state index in [9.17, 15) is 4.79 Å². The van der Waals surface area contributed by atoms with Gasteiger partial charge in [0.15, 0.2) is 0 Å². The molecule has 3 rings (SSSR count). The summed E-state index contributed by atoms with van der Waals surface area (Å²) in [5, 5.41) is 1.08. The van der Waals surface area contributed by atoms with Gasteiger partial charge in [0.25, 0.3) is 5.56 Å². The van der Waals surface area contributed by atoms with Gasteiger partial charge in [0.2, 0.25) is 0 Å². The second-order valence-corrected chi connectivity index (χ2v) is 5.49. The number of pyridine rings is 1. The molecule has 1 saturated heterocycles. The Balaban J connectivity index is 2.03. The molecule has 106 valence electrons. The van der Waals surface area contributed by atoms with Gasteiger partial charge < -0.3 is 15.6 Å². The van der Waals surface area contributed by atoms with Gasteiger partial charge in [0, 0.05) is 23.5 Å². The number of benzene rings is 1. The van der Waals surface area contributed by atoms with E-state index in [0.717, 1.165) is 42.4 Å². The lowest BCUT2D eigenvalue weighted by Gasteiger charge is -2.37. The first kappa shape index (κ1) is 13.2. The van der Waals surface area contributed by atoms with Gasteiger partial charge in [-0.05, 0) is 44.4 Å². The summed E-state index contributed by atoms with van der Waals surface area (Å²) in [6.45, 7) is 1.62. The summed E-state index contributed by atoms with van der Waals surface area (Å²) in [4.78, 5) is 17.6. The van der Waals surface area contributed by atoms with Crippen molar-refractivity contribution in [2.45, 2.75) is 31.7 Å². The number of nitrogens with two attached hydrogens (primary N) is 1. The molecule has 0 radical (unpaired) electrons. The van der Waals surface area contributed by atoms with E-state index in [2.05, 4.69) is 9.88 Å². The van der Waals surface area contributed by atoms with Crippen LogP contribution < -0.4 is 16.2 Å². The zero-order valence-electron chi connectivity index (χ0n) is 11.6. The van der Waals surface area contributed by atoms with Gasteiger partial charge in [0.1, 0.15) is 5.69 Å². The Kier molecular flexibility index (Phi) is 3.74. The first-order valence-electron chi connectivity index (χ1n) is 7.38. The third-order valence-corrected chi connectivity index (χ3v) is 4.17. The van der Waals surface area contributed by atoms with Crippen molar-refractivity contribution in [2.24, 2.45) is 5.73 Å². The number of nitrogens with zero attached hydrogens (tertiary/aromatic N) is 1. The van der Waals surface area contributed by atoms with Crippen LogP contribution in [-0.4, -0.2) is 24.1 Å². The number of hydrogen-bond donors (Lipinski definition) is 2. The number of piperidine rings is 1. The lowest BCUT2D eigenvalue weighted by molar-refractivity contribution is 0.441. The Hall–Kier alpha value is -1.81. The third-order valence-electron chi connectivity index (χ3n) is 4.17. The molecular weight excluding hydrogens is 250 g/mol. The van der Waals surface area contributed by atoms with Crippen LogP contribution in [0.1, 0.15) is 25.7 Å². The standard InChI is InChI=1S/C16H21N3O/c17-9-8-13-6-3-4-10-19(13)15-11-12-5-1-2-7-14(12)18-16(15)20/h1-2,5,7,11,13H,3-4,6,8-10,17H2,(H,18,20). The summed E-state index contributed by atoms with van der Waals surface area (Å²) in [5.41, 5.74) is 7.41. The monoisotopic (exact) mass is 271 g/mol. The molecule has 20 heavy (non-hydrogen) atoms. The van der Waals surface area contributed by atoms with Crippen molar-refractivity contribution in [2.75, 3.05) is 18.0 Å². The Morgan fingerprint density at radius 2 is 2.15 bits per heavy atom. The fraction of sp³-hybridized carbons (Fsp3) is 0.438. The smallest absolute Gasteiger partial charge is 0.271 e. The highest BCUT2D eigenvalue weighted by Crippen LogP contribution is 2.25. The zero-order chi connectivity index (χ0) is 13.9. The molecule has 2 aromatic rings. The number of anilines is 1. The van der Waals surface area contributed by atoms with Crippen LogP contribution in [0.15, 0.2) is 35.1 Å². The number of aromatic nitrogens is 1. The molecule has 1 aromatic heterocycles. The fourth-order valence-electron chi connectivity index (χ4n) is 3.16. The molecule has 0 spiro atoms. The maximum absolute atomic E-state index is 12.4. The molecule has 0 saturated carbocycles. The number of aromatic amines is 1. The quantitative estimate of drug-likeness (QED) is 0.900. The third kappa shape index (κ3) is 2.43. The average molecular weight is 271 g/mol. The van der Waals surface area contributed by atoms with Crippen LogP contribution in [0.25, 0.3) is 10.9 Å². The topological polar surface area (TPSA) is 62.1 Å². The second-order valence-electron chi connectivity index (χ2n) is 5.49. The van der Waals surface area contributed by atoms with Gasteiger partial charge in [-0.3, -0.25) is 4.79 Å². The minimum Gasteiger partial charge on any atom is -0.364 e. The van der Waals surface area contributed by atoms with Crippen molar-refractivity contribution in [3.8, 4) is 0 Å². The zero-order valence-corrected chi connectivity index (χ0v) is 11.6. The van der Waals surface area contributed by atoms with Gasteiger partial charge >= 0.3 is 0 Å². The highest BCUT2D eigenvalue weighted by molar-refractivity contribution is 5.81. The minimum absolute atomic E-state index is 0.00706. The molecule has 4 heteroatoms. The summed E-state index contributed by atoms with van der Waals surface area (Å²) in [5.74, 6) is 0. The molecule has 4 nitrogen and oxygen atoms in total. The van der Waals surface area contributed by atoms with Crippen molar-refractivity contribution in [3.05, 3.63) is 40.7 Å². The molecule has 1 unspecified atom stereocenters. The van der Waals surface area contributed by atoms with Crippen molar-refractivity contribution in [3.63, 3.8) is 0 Å². The van der Waals surface area contributed by atoms with E-state index in [1.165, 1.54) is 6.42 Å². The molecule has 0 amide bonds. The molecule has 3 N–H and O–H groups in total. The summed E-state index contributed by atoms with van der Waals surface area (Å²) < 4.78 is 0. The molecule has 2 heterocycles. The van der Waals surface area contributed by atoms with E-state index in [1.807, 2.05) is 30.3 Å². The highest BCUT2D eigenvalue weighted by atomic mass is 16.1. The van der Waals surface area contributed by atoms with Crippen LogP contribution in [0.5, 0.6) is 0 Å². The summed E-state index contributed by atoms with van der Waals surface area (Å²) in [6.07, 6.45) is 4.45. The maximum atomic E-state index is 12.4. The Bertz CT molecular complexity index is 647. The Morgan fingerprint density at radius 1 is 1.30 bits per heavy atom. The summed E-state index contributed by atoms with van der Waals surface area (Å²) in [6, 6.07) is 10.3. The van der Waals surface area contributed by atoms with Gasteiger partial charge in [-0.1, -0.05) is 18.2 Å². The van der Waals surface area contributed by atoms with E-state index in [-0.39, 0.29) is 5.56 Å². The second kappa shape index (κ2) is 5.67. The first-order chi connectivity index (χ1) is 9.79. The SMILES string of the molecule is NCCC1CCCCN1c1cc2ccccc2[nH]c1=O. The molecule has 1 aromatic carbocycles. The van der Waals surface area contributed by atoms with Crippen molar-refractivity contribution < 1.29 is 0 Å². The number of para-hydroxylation sites is 1. The predicted molar refractivity (Wildman–Crippen MR) is 83.2 cm³/mol. The average Bonchev–Trinajstić information content (AvgIpc) is 2.48. The number of fused-ring (bicyclic) bond motifs is 1. The van der Waals surface area contributed by atoms with E-state index >= 15 is 0 Å². The van der Waals surface area contributed by atoms with E-state index in [4.69, 9.17) is 5.73 Å². The van der Waals surface area contributed by atoms with Gasteiger partial charge in [-0.25, -0.2) is 0 Å². The molecule has 0 bridgehead atoms. The number of H-pyrrole nitrogens is 1. The van der Waals surface area contributed by atoms with Crippen LogP contribution in [-0.2, 0) is 0 Å². The normalized spacial score (nSPS) is 19.4. The number of hydrogen-bond acceptors (Lipinski definition) is 3. The molecular formula is C16H21N3O. The summed E-state index contributed by atoms with van der Waals surface area (Å²) in [7, 11) is 0. The molecule has 0 aliphatic carbocycles. The maximum Gasteiger partial charge on any atom is 0.271 e. The molecule has 1 aliphatic heterocycles. The predicted octanol–water partition coefficient (Wildman–Crippen LogP) is 2.24. The molecule has 1 aliphatic rings. The first-order valence-corrected chi connectivity index (χ1v) is 7.38. The Labute approximate surface area is 118 Å². The van der Waals surface area contributed by atoms with E-state index in [0.29, 0.717) is 12.6 Å². The lowest BCUT2D eigenvalue weighted by Crippen LogP contribution is -2.43. The van der Waals surface area contributed by atoms with Crippen LogP contribution in [0.3, 0.4) is 0 Å². The highest BCUT2D eigenvalue weighted by Gasteiger charge is 2.24. The fourth-order valence-corrected chi connectivity index (χ4v) is 3.16. The van der Waals surface area contributed by atoms with E-state index in [1.54, 1.807) is 0 Å². The van der Waals surface area contributed by atoms with Gasteiger partial charge in [0.05, 0.1) is 0 Å². The van der Waals surface area contributed by atoms with Crippen molar-refractivity contribution >= 4 is 16.6 Å². The van der Waals surface area contributed by atoms with Gasteiger partial charge in [-0.2, -0.15) is 0 Å². The molecule has 1 fully saturated rings. The number of nitrogens with one attached hydrogen (secondary N) is 1. The Morgan fingerprint density at radius 3 is 3.00 bits per heavy atom. The minimum atomic E-state index is 0.00706. The van der Waals surface area contributed by atoms with Crippen molar-refractivity contribution in [1.82, 2.24) is 4.98 Å². The largest absolute Gasteiger partial charge is 0.364 e. The molecule has 1 atom stereocenters. The van der Waals surface area contributed by atoms with Crippen LogP contribution in [0.2, 0.25) is 0 Å². The number of rotatable bonds is 3. The lowest BCUT2D eigenvalue weighted by atomic mass is 9.98. The van der Waals surface area contributed by atoms with Crippen LogP contribution in [0, 0.1) is 0 Å². The van der Waals surface area contributed by atoms with Crippen LogP contribution >= 0.6 is 0 Å². The van der Waals surface area contributed by atoms with Gasteiger partial charge in [-0.15, -0.1) is 0 Å².